The molecule has 2 N–H and O–H groups in total. The first-order valence-corrected chi connectivity index (χ1v) is 10.5. The highest BCUT2D eigenvalue weighted by Gasteiger charge is 2.20. The van der Waals surface area contributed by atoms with Crippen LogP contribution in [-0.2, 0) is 6.61 Å². The summed E-state index contributed by atoms with van der Waals surface area (Å²) in [6.45, 7) is 1.55. The molecule has 1 fully saturated rings. The summed E-state index contributed by atoms with van der Waals surface area (Å²) in [6.07, 6.45) is 0.877. The predicted molar refractivity (Wildman–Crippen MR) is 124 cm³/mol. The Bertz CT molecular complexity index is 1120. The van der Waals surface area contributed by atoms with Gasteiger partial charge in [-0.2, -0.15) is 0 Å². The van der Waals surface area contributed by atoms with E-state index in [1.807, 2.05) is 54.6 Å². The molecule has 3 aromatic rings. The molecule has 0 aliphatic carbocycles. The van der Waals surface area contributed by atoms with Crippen molar-refractivity contribution in [3.8, 4) is 11.5 Å². The molecule has 0 spiro atoms. The molecule has 0 atom stereocenters. The SMILES string of the molecule is COc1ccccc1OCc1ccccc1C(=O)Nc1cccc(N2CCCNC2=O)c1. The molecule has 32 heavy (non-hydrogen) atoms. The van der Waals surface area contributed by atoms with Gasteiger partial charge in [-0.05, 0) is 42.8 Å². The van der Waals surface area contributed by atoms with Crippen LogP contribution in [0.25, 0.3) is 0 Å². The number of anilines is 2. The lowest BCUT2D eigenvalue weighted by molar-refractivity contribution is 0.102. The summed E-state index contributed by atoms with van der Waals surface area (Å²) in [6, 6.07) is 21.8. The van der Waals surface area contributed by atoms with Gasteiger partial charge in [0.25, 0.3) is 5.91 Å². The third-order valence-corrected chi connectivity index (χ3v) is 5.21. The zero-order valence-electron chi connectivity index (χ0n) is 17.8. The second-order valence-corrected chi connectivity index (χ2v) is 7.34. The molecular formula is C25H25N3O4. The fourth-order valence-corrected chi connectivity index (χ4v) is 3.59. The van der Waals surface area contributed by atoms with Gasteiger partial charge in [0, 0.05) is 35.6 Å². The van der Waals surface area contributed by atoms with Crippen molar-refractivity contribution >= 4 is 23.3 Å². The highest BCUT2D eigenvalue weighted by Crippen LogP contribution is 2.27. The van der Waals surface area contributed by atoms with E-state index in [9.17, 15) is 9.59 Å². The average molecular weight is 431 g/mol. The minimum absolute atomic E-state index is 0.126. The van der Waals surface area contributed by atoms with E-state index in [2.05, 4.69) is 10.6 Å². The van der Waals surface area contributed by atoms with Gasteiger partial charge < -0.3 is 20.1 Å². The molecule has 164 valence electrons. The maximum atomic E-state index is 13.0. The first kappa shape index (κ1) is 21.2. The number of benzene rings is 3. The Morgan fingerprint density at radius 1 is 1.03 bits per heavy atom. The lowest BCUT2D eigenvalue weighted by Gasteiger charge is -2.27. The zero-order valence-corrected chi connectivity index (χ0v) is 17.8. The van der Waals surface area contributed by atoms with Crippen molar-refractivity contribution < 1.29 is 19.1 Å². The Morgan fingerprint density at radius 2 is 1.81 bits per heavy atom. The number of nitrogens with zero attached hydrogens (tertiary/aromatic N) is 1. The summed E-state index contributed by atoms with van der Waals surface area (Å²) in [5.41, 5.74) is 2.63. The Hall–Kier alpha value is -4.00. The lowest BCUT2D eigenvalue weighted by atomic mass is 10.1. The van der Waals surface area contributed by atoms with Gasteiger partial charge in [0.15, 0.2) is 11.5 Å². The second kappa shape index (κ2) is 9.87. The number of carbonyl (C=O) groups excluding carboxylic acids is 2. The molecule has 1 aliphatic heterocycles. The van der Waals surface area contributed by atoms with E-state index in [0.717, 1.165) is 17.7 Å². The third-order valence-electron chi connectivity index (χ3n) is 5.21. The summed E-state index contributed by atoms with van der Waals surface area (Å²) < 4.78 is 11.2. The molecule has 7 nitrogen and oxygen atoms in total. The Balaban J connectivity index is 1.48. The number of para-hydroxylation sites is 2. The van der Waals surface area contributed by atoms with Gasteiger partial charge in [-0.25, -0.2) is 4.79 Å². The van der Waals surface area contributed by atoms with E-state index < -0.39 is 0 Å². The molecule has 0 unspecified atom stereocenters. The maximum absolute atomic E-state index is 13.0. The van der Waals surface area contributed by atoms with E-state index in [1.54, 1.807) is 30.2 Å². The molecule has 1 aliphatic rings. The number of hydrogen-bond donors (Lipinski definition) is 2. The highest BCUT2D eigenvalue weighted by atomic mass is 16.5. The number of urea groups is 1. The smallest absolute Gasteiger partial charge is 0.321 e. The van der Waals surface area contributed by atoms with Crippen LogP contribution in [0.3, 0.4) is 0 Å². The monoisotopic (exact) mass is 431 g/mol. The summed E-state index contributed by atoms with van der Waals surface area (Å²) >= 11 is 0. The van der Waals surface area contributed by atoms with E-state index >= 15 is 0 Å². The summed E-state index contributed by atoms with van der Waals surface area (Å²) in [7, 11) is 1.59. The molecule has 0 bridgehead atoms. The summed E-state index contributed by atoms with van der Waals surface area (Å²) in [5, 5.41) is 5.77. The van der Waals surface area contributed by atoms with E-state index in [0.29, 0.717) is 35.8 Å². The van der Waals surface area contributed by atoms with Crippen LogP contribution in [0, 0.1) is 0 Å². The molecule has 1 heterocycles. The van der Waals surface area contributed by atoms with Crippen molar-refractivity contribution in [3.63, 3.8) is 0 Å². The van der Waals surface area contributed by atoms with E-state index in [-0.39, 0.29) is 18.5 Å². The number of carbonyl (C=O) groups is 2. The number of hydrogen-bond acceptors (Lipinski definition) is 4. The first-order valence-electron chi connectivity index (χ1n) is 10.5. The standard InChI is InChI=1S/C25H25N3O4/c1-31-22-12-4-5-13-23(22)32-17-18-8-2-3-11-21(18)24(29)27-19-9-6-10-20(16-19)28-15-7-14-26-25(28)30/h2-6,8-13,16H,7,14-15,17H2,1H3,(H,26,30)(H,27,29). The first-order chi connectivity index (χ1) is 15.7. The van der Waals surface area contributed by atoms with Crippen molar-refractivity contribution in [2.75, 3.05) is 30.4 Å². The zero-order chi connectivity index (χ0) is 22.3. The Kier molecular flexibility index (Phi) is 6.55. The van der Waals surface area contributed by atoms with Crippen LogP contribution in [0.15, 0.2) is 72.8 Å². The van der Waals surface area contributed by atoms with E-state index in [4.69, 9.17) is 9.47 Å². The molecule has 7 heteroatoms. The van der Waals surface area contributed by atoms with Gasteiger partial charge in [0.05, 0.1) is 7.11 Å². The number of ether oxygens (including phenoxy) is 2. The largest absolute Gasteiger partial charge is 0.493 e. The third kappa shape index (κ3) is 4.83. The Labute approximate surface area is 187 Å². The number of amides is 3. The maximum Gasteiger partial charge on any atom is 0.321 e. The average Bonchev–Trinajstić information content (AvgIpc) is 2.83. The molecular weight excluding hydrogens is 406 g/mol. The number of nitrogens with one attached hydrogen (secondary N) is 2. The van der Waals surface area contributed by atoms with Crippen molar-refractivity contribution in [2.45, 2.75) is 13.0 Å². The van der Waals surface area contributed by atoms with Gasteiger partial charge in [-0.3, -0.25) is 9.69 Å². The molecule has 1 saturated heterocycles. The van der Waals surface area contributed by atoms with Gasteiger partial charge in [0.1, 0.15) is 6.61 Å². The van der Waals surface area contributed by atoms with Crippen molar-refractivity contribution in [3.05, 3.63) is 83.9 Å². The van der Waals surface area contributed by atoms with Crippen LogP contribution in [0.5, 0.6) is 11.5 Å². The molecule has 3 amide bonds. The predicted octanol–water partition coefficient (Wildman–Crippen LogP) is 4.45. The number of methoxy groups -OCH3 is 1. The highest BCUT2D eigenvalue weighted by molar-refractivity contribution is 6.05. The van der Waals surface area contributed by atoms with Crippen molar-refractivity contribution in [2.24, 2.45) is 0 Å². The van der Waals surface area contributed by atoms with Crippen molar-refractivity contribution in [1.29, 1.82) is 0 Å². The van der Waals surface area contributed by atoms with Gasteiger partial charge >= 0.3 is 6.03 Å². The summed E-state index contributed by atoms with van der Waals surface area (Å²) in [4.78, 5) is 26.8. The van der Waals surface area contributed by atoms with Gasteiger partial charge in [-0.15, -0.1) is 0 Å². The van der Waals surface area contributed by atoms with Gasteiger partial charge in [-0.1, -0.05) is 36.4 Å². The topological polar surface area (TPSA) is 79.9 Å². The minimum atomic E-state index is -0.246. The molecule has 0 radical (unpaired) electrons. The lowest BCUT2D eigenvalue weighted by Crippen LogP contribution is -2.46. The van der Waals surface area contributed by atoms with Crippen LogP contribution in [0.4, 0.5) is 16.2 Å². The number of rotatable bonds is 7. The normalized spacial score (nSPS) is 13.3. The summed E-state index contributed by atoms with van der Waals surface area (Å²) in [5.74, 6) is 0.996. The van der Waals surface area contributed by atoms with E-state index in [1.165, 1.54) is 0 Å². The fraction of sp³-hybridized carbons (Fsp3) is 0.200. The van der Waals surface area contributed by atoms with Crippen LogP contribution in [-0.4, -0.2) is 32.1 Å². The van der Waals surface area contributed by atoms with Crippen molar-refractivity contribution in [1.82, 2.24) is 5.32 Å². The molecule has 3 aromatic carbocycles. The quantitative estimate of drug-likeness (QED) is 0.579. The fourth-order valence-electron chi connectivity index (χ4n) is 3.59. The van der Waals surface area contributed by atoms with Crippen LogP contribution < -0.4 is 25.0 Å². The van der Waals surface area contributed by atoms with Crippen LogP contribution in [0.1, 0.15) is 22.3 Å². The Morgan fingerprint density at radius 3 is 2.62 bits per heavy atom. The second-order valence-electron chi connectivity index (χ2n) is 7.34. The molecule has 4 rings (SSSR count). The van der Waals surface area contributed by atoms with Gasteiger partial charge in [0.2, 0.25) is 0 Å². The van der Waals surface area contributed by atoms with Crippen LogP contribution >= 0.6 is 0 Å². The molecule has 0 aromatic heterocycles. The molecule has 0 saturated carbocycles. The minimum Gasteiger partial charge on any atom is -0.493 e. The van der Waals surface area contributed by atoms with Crippen LogP contribution in [0.2, 0.25) is 0 Å².